The standard InChI is InChI=1S/C40H59O8Si4/c1-7-8-9-15-18-33(2)43-38-27-29-39(30-28-38)44-40(41)36-21-19-34(20-22-36)35-23-25-37(26-24-35)42-31-16-13-11-10-12-14-17-32-52(6)47-50(4)45-49(3)46-51(5)48-52/h19-30,33H,7-18,31-32H2,1-6H3. The minimum atomic E-state index is -2.22. The first-order chi connectivity index (χ1) is 25.1. The maximum Gasteiger partial charge on any atom is 0.362 e. The lowest BCUT2D eigenvalue weighted by molar-refractivity contribution is 0.0734. The van der Waals surface area contributed by atoms with Gasteiger partial charge in [-0.25, -0.2) is 4.79 Å². The summed E-state index contributed by atoms with van der Waals surface area (Å²) in [6.07, 6.45) is 14.4. The first-order valence-electron chi connectivity index (χ1n) is 19.2. The molecule has 12 heteroatoms. The van der Waals surface area contributed by atoms with Crippen LogP contribution in [0.2, 0.25) is 32.2 Å². The molecule has 1 aliphatic heterocycles. The molecule has 4 rings (SSSR count). The number of benzene rings is 3. The molecule has 1 saturated heterocycles. The van der Waals surface area contributed by atoms with Crippen LogP contribution in [0.5, 0.6) is 17.2 Å². The molecular weight excluding hydrogens is 721 g/mol. The van der Waals surface area contributed by atoms with E-state index < -0.39 is 36.4 Å². The van der Waals surface area contributed by atoms with Gasteiger partial charge in [-0.2, -0.15) is 0 Å². The minimum absolute atomic E-state index is 0.159. The van der Waals surface area contributed by atoms with Crippen molar-refractivity contribution in [2.24, 2.45) is 0 Å². The van der Waals surface area contributed by atoms with Crippen molar-refractivity contribution >= 4 is 42.4 Å². The van der Waals surface area contributed by atoms with E-state index in [2.05, 4.69) is 45.6 Å². The highest BCUT2D eigenvalue weighted by Crippen LogP contribution is 2.26. The van der Waals surface area contributed by atoms with Crippen LogP contribution in [0.15, 0.2) is 72.8 Å². The van der Waals surface area contributed by atoms with Crippen LogP contribution in [-0.2, 0) is 16.5 Å². The zero-order chi connectivity index (χ0) is 37.2. The Balaban J connectivity index is 1.08. The van der Waals surface area contributed by atoms with Crippen LogP contribution in [0, 0.1) is 0 Å². The van der Waals surface area contributed by atoms with Gasteiger partial charge in [0.1, 0.15) is 17.2 Å². The Kier molecular flexibility index (Phi) is 18.3. The van der Waals surface area contributed by atoms with Crippen molar-refractivity contribution < 1.29 is 35.5 Å². The second-order valence-electron chi connectivity index (χ2n) is 13.8. The van der Waals surface area contributed by atoms with Gasteiger partial charge >= 0.3 is 42.4 Å². The lowest BCUT2D eigenvalue weighted by Crippen LogP contribution is -2.52. The normalized spacial score (nSPS) is 16.2. The molecule has 0 aliphatic carbocycles. The Morgan fingerprint density at radius 1 is 0.654 bits per heavy atom. The van der Waals surface area contributed by atoms with Crippen molar-refractivity contribution in [2.75, 3.05) is 6.61 Å². The lowest BCUT2D eigenvalue weighted by Gasteiger charge is -2.35. The highest BCUT2D eigenvalue weighted by atomic mass is 28.5. The van der Waals surface area contributed by atoms with E-state index in [1.54, 1.807) is 24.3 Å². The molecule has 0 bridgehead atoms. The van der Waals surface area contributed by atoms with Gasteiger partial charge in [0.25, 0.3) is 0 Å². The molecule has 0 N–H and O–H groups in total. The lowest BCUT2D eigenvalue weighted by atomic mass is 10.0. The molecule has 1 fully saturated rings. The quantitative estimate of drug-likeness (QED) is 0.0458. The third-order valence-electron chi connectivity index (χ3n) is 8.98. The highest BCUT2D eigenvalue weighted by molar-refractivity contribution is 6.81. The molecule has 0 aromatic heterocycles. The molecule has 3 radical (unpaired) electrons. The Morgan fingerprint density at radius 2 is 1.17 bits per heavy atom. The molecule has 0 amide bonds. The second-order valence-corrected chi connectivity index (χ2v) is 22.8. The summed E-state index contributed by atoms with van der Waals surface area (Å²) in [5.41, 5.74) is 2.60. The molecule has 8 nitrogen and oxygen atoms in total. The largest absolute Gasteiger partial charge is 0.494 e. The van der Waals surface area contributed by atoms with Gasteiger partial charge in [-0.1, -0.05) is 89.0 Å². The van der Waals surface area contributed by atoms with Crippen molar-refractivity contribution in [1.82, 2.24) is 0 Å². The topological polar surface area (TPSA) is 81.7 Å². The summed E-state index contributed by atoms with van der Waals surface area (Å²) in [6, 6.07) is 23.9. The van der Waals surface area contributed by atoms with Gasteiger partial charge in [-0.3, -0.25) is 0 Å². The summed E-state index contributed by atoms with van der Waals surface area (Å²) in [5.74, 6) is 1.77. The molecule has 52 heavy (non-hydrogen) atoms. The highest BCUT2D eigenvalue weighted by Gasteiger charge is 2.40. The smallest absolute Gasteiger partial charge is 0.362 e. The first kappa shape index (κ1) is 42.2. The van der Waals surface area contributed by atoms with Gasteiger partial charge in [0.15, 0.2) is 0 Å². The predicted octanol–water partition coefficient (Wildman–Crippen LogP) is 10.9. The van der Waals surface area contributed by atoms with Gasteiger partial charge in [0.05, 0.1) is 18.3 Å². The van der Waals surface area contributed by atoms with Crippen LogP contribution < -0.4 is 14.2 Å². The first-order valence-corrected chi connectivity index (χ1v) is 27.2. The molecule has 3 aromatic carbocycles. The van der Waals surface area contributed by atoms with E-state index >= 15 is 0 Å². The van der Waals surface area contributed by atoms with Gasteiger partial charge in [-0.15, -0.1) is 0 Å². The molecular formula is C40H59O8Si4. The molecule has 0 saturated carbocycles. The zero-order valence-corrected chi connectivity index (χ0v) is 36.2. The molecule has 283 valence electrons. The van der Waals surface area contributed by atoms with Gasteiger partial charge in [0, 0.05) is 0 Å². The SMILES string of the molecule is CCCCCCC(C)Oc1ccc(OC(=O)c2ccc(-c3ccc(OCCCCCCCCC[Si]4(C)O[Si](C)O[Si](C)O[Si](C)O4)cc3)cc2)cc1. The van der Waals surface area contributed by atoms with Crippen LogP contribution in [0.3, 0.4) is 0 Å². The van der Waals surface area contributed by atoms with E-state index in [-0.39, 0.29) is 12.1 Å². The van der Waals surface area contributed by atoms with Crippen molar-refractivity contribution in [1.29, 1.82) is 0 Å². The number of hydrogen-bond donors (Lipinski definition) is 0. The zero-order valence-electron chi connectivity index (χ0n) is 32.2. The van der Waals surface area contributed by atoms with Crippen molar-refractivity contribution in [3.05, 3.63) is 78.4 Å². The van der Waals surface area contributed by atoms with Gasteiger partial charge in [-0.05, 0) is 118 Å². The van der Waals surface area contributed by atoms with E-state index in [4.69, 9.17) is 30.7 Å². The van der Waals surface area contributed by atoms with Gasteiger partial charge in [0.2, 0.25) is 0 Å². The maximum absolute atomic E-state index is 12.8. The average Bonchev–Trinajstić information content (AvgIpc) is 3.11. The Morgan fingerprint density at radius 3 is 1.79 bits per heavy atom. The molecule has 0 spiro atoms. The fourth-order valence-corrected chi connectivity index (χ4v) is 18.2. The summed E-state index contributed by atoms with van der Waals surface area (Å²) >= 11 is 0. The average molecular weight is 780 g/mol. The van der Waals surface area contributed by atoms with E-state index in [1.807, 2.05) is 42.9 Å². The van der Waals surface area contributed by atoms with Crippen LogP contribution in [-0.4, -0.2) is 55.1 Å². The summed E-state index contributed by atoms with van der Waals surface area (Å²) in [4.78, 5) is 12.8. The van der Waals surface area contributed by atoms with E-state index in [0.717, 1.165) is 54.5 Å². The summed E-state index contributed by atoms with van der Waals surface area (Å²) in [6.45, 7) is 13.3. The molecule has 3 aromatic rings. The molecule has 1 aliphatic rings. The predicted molar refractivity (Wildman–Crippen MR) is 216 cm³/mol. The van der Waals surface area contributed by atoms with E-state index in [9.17, 15) is 4.79 Å². The van der Waals surface area contributed by atoms with Crippen LogP contribution in [0.4, 0.5) is 0 Å². The maximum atomic E-state index is 12.8. The number of unbranched alkanes of at least 4 members (excludes halogenated alkanes) is 9. The minimum Gasteiger partial charge on any atom is -0.494 e. The van der Waals surface area contributed by atoms with Gasteiger partial charge < -0.3 is 30.7 Å². The Bertz CT molecular complexity index is 1430. The van der Waals surface area contributed by atoms with Crippen LogP contribution >= 0.6 is 0 Å². The third kappa shape index (κ3) is 15.4. The second kappa shape index (κ2) is 22.6. The number of esters is 1. The number of carbonyl (C=O) groups is 1. The molecule has 1 unspecified atom stereocenters. The monoisotopic (exact) mass is 779 g/mol. The Hall–Kier alpha value is -2.56. The van der Waals surface area contributed by atoms with Crippen molar-refractivity contribution in [2.45, 2.75) is 129 Å². The Labute approximate surface area is 319 Å². The van der Waals surface area contributed by atoms with Crippen molar-refractivity contribution in [3.8, 4) is 28.4 Å². The summed E-state index contributed by atoms with van der Waals surface area (Å²) < 4.78 is 42.2. The number of carbonyl (C=O) groups excluding carboxylic acids is 1. The molecule has 1 heterocycles. The van der Waals surface area contributed by atoms with E-state index in [0.29, 0.717) is 11.3 Å². The number of rotatable bonds is 21. The molecule has 1 atom stereocenters. The summed E-state index contributed by atoms with van der Waals surface area (Å²) in [7, 11) is -6.06. The van der Waals surface area contributed by atoms with Crippen LogP contribution in [0.25, 0.3) is 11.1 Å². The number of hydrogen-bond acceptors (Lipinski definition) is 8. The third-order valence-corrected chi connectivity index (χ3v) is 20.6. The number of ether oxygens (including phenoxy) is 3. The van der Waals surface area contributed by atoms with Crippen LogP contribution in [0.1, 0.15) is 101 Å². The fourth-order valence-electron chi connectivity index (χ4n) is 6.26. The van der Waals surface area contributed by atoms with E-state index in [1.165, 1.54) is 57.8 Å². The summed E-state index contributed by atoms with van der Waals surface area (Å²) in [5, 5.41) is 0. The fraction of sp³-hybridized carbons (Fsp3) is 0.525. The van der Waals surface area contributed by atoms with Crippen molar-refractivity contribution in [3.63, 3.8) is 0 Å².